The van der Waals surface area contributed by atoms with Crippen LogP contribution in [0.3, 0.4) is 0 Å². The molecule has 0 bridgehead atoms. The number of aryl methyl sites for hydroxylation is 1. The molecule has 32 heavy (non-hydrogen) atoms. The molecule has 0 spiro atoms. The van der Waals surface area contributed by atoms with Gasteiger partial charge in [-0.25, -0.2) is 0 Å². The van der Waals surface area contributed by atoms with Gasteiger partial charge >= 0.3 is 5.97 Å². The fourth-order valence-corrected chi connectivity index (χ4v) is 4.64. The van der Waals surface area contributed by atoms with Gasteiger partial charge < -0.3 is 14.2 Å². The van der Waals surface area contributed by atoms with Crippen molar-refractivity contribution >= 4 is 11.9 Å². The molecule has 2 aliphatic heterocycles. The maximum atomic E-state index is 13.0. The first-order chi connectivity index (χ1) is 15.5. The van der Waals surface area contributed by atoms with Crippen LogP contribution in [0.25, 0.3) is 11.4 Å². The maximum absolute atomic E-state index is 13.0. The molecule has 172 valence electrons. The minimum Gasteiger partial charge on any atom is -0.466 e. The van der Waals surface area contributed by atoms with Crippen molar-refractivity contribution in [2.24, 2.45) is 11.8 Å². The summed E-state index contributed by atoms with van der Waals surface area (Å²) in [6.45, 7) is 7.82. The topological polar surface area (TPSA) is 88.8 Å². The molecule has 2 fully saturated rings. The number of benzene rings is 1. The highest BCUT2D eigenvalue weighted by Gasteiger charge is 2.33. The molecule has 0 N–H and O–H groups in total. The van der Waals surface area contributed by atoms with Gasteiger partial charge in [-0.1, -0.05) is 29.4 Å². The minimum absolute atomic E-state index is 0.0515. The van der Waals surface area contributed by atoms with Gasteiger partial charge in [0.15, 0.2) is 0 Å². The van der Waals surface area contributed by atoms with Crippen molar-refractivity contribution in [3.05, 3.63) is 35.7 Å². The van der Waals surface area contributed by atoms with Crippen LogP contribution in [0, 0.1) is 18.8 Å². The van der Waals surface area contributed by atoms with Crippen LogP contribution < -0.4 is 0 Å². The molecule has 8 nitrogen and oxygen atoms in total. The van der Waals surface area contributed by atoms with Gasteiger partial charge in [0.05, 0.1) is 19.1 Å². The van der Waals surface area contributed by atoms with E-state index in [1.807, 2.05) is 43.0 Å². The Labute approximate surface area is 188 Å². The van der Waals surface area contributed by atoms with Gasteiger partial charge in [0.1, 0.15) is 0 Å². The standard InChI is InChI=1S/C24H32N4O4/c1-3-31-24(30)19-10-14-28(15-11-19)23(29)18-8-12-27(13-9-18)16-21-25-22(26-32-21)20-7-5-4-6-17(20)2/h4-7,18-19H,3,8-16H2,1-2H3. The quantitative estimate of drug-likeness (QED) is 0.638. The number of carbonyl (C=O) groups is 2. The molecular weight excluding hydrogens is 408 g/mol. The van der Waals surface area contributed by atoms with Crippen molar-refractivity contribution in [3.8, 4) is 11.4 Å². The molecule has 1 aromatic heterocycles. The smallest absolute Gasteiger partial charge is 0.309 e. The maximum Gasteiger partial charge on any atom is 0.309 e. The third-order valence-corrected chi connectivity index (χ3v) is 6.58. The van der Waals surface area contributed by atoms with Crippen LogP contribution >= 0.6 is 0 Å². The first kappa shape index (κ1) is 22.5. The number of aromatic nitrogens is 2. The molecule has 0 radical (unpaired) electrons. The van der Waals surface area contributed by atoms with Gasteiger partial charge in [-0.3, -0.25) is 14.5 Å². The SMILES string of the molecule is CCOC(=O)C1CCN(C(=O)C2CCN(Cc3nc(-c4ccccc4C)no3)CC2)CC1. The second kappa shape index (κ2) is 10.3. The normalized spacial score (nSPS) is 18.6. The second-order valence-electron chi connectivity index (χ2n) is 8.73. The lowest BCUT2D eigenvalue weighted by Gasteiger charge is -2.36. The Kier molecular flexibility index (Phi) is 7.19. The minimum atomic E-state index is -0.125. The summed E-state index contributed by atoms with van der Waals surface area (Å²) >= 11 is 0. The molecule has 0 saturated carbocycles. The summed E-state index contributed by atoms with van der Waals surface area (Å²) in [4.78, 5) is 33.6. The number of rotatable bonds is 6. The molecule has 2 saturated heterocycles. The highest BCUT2D eigenvalue weighted by atomic mass is 16.5. The molecule has 0 unspecified atom stereocenters. The average Bonchev–Trinajstić information content (AvgIpc) is 3.28. The first-order valence-corrected chi connectivity index (χ1v) is 11.6. The van der Waals surface area contributed by atoms with Gasteiger partial charge in [-0.05, 0) is 58.2 Å². The summed E-state index contributed by atoms with van der Waals surface area (Å²) in [6, 6.07) is 8.00. The molecule has 3 heterocycles. The Bertz CT molecular complexity index is 928. The average molecular weight is 441 g/mol. The van der Waals surface area contributed by atoms with E-state index in [9.17, 15) is 9.59 Å². The molecule has 4 rings (SSSR count). The summed E-state index contributed by atoms with van der Waals surface area (Å²) in [5.74, 6) is 1.31. The predicted octanol–water partition coefficient (Wildman–Crippen LogP) is 3.06. The van der Waals surface area contributed by atoms with Crippen molar-refractivity contribution in [2.75, 3.05) is 32.8 Å². The molecule has 0 atom stereocenters. The van der Waals surface area contributed by atoms with Crippen molar-refractivity contribution in [3.63, 3.8) is 0 Å². The third-order valence-electron chi connectivity index (χ3n) is 6.58. The van der Waals surface area contributed by atoms with E-state index >= 15 is 0 Å². The number of hydrogen-bond acceptors (Lipinski definition) is 7. The van der Waals surface area contributed by atoms with Crippen LogP contribution in [0.2, 0.25) is 0 Å². The van der Waals surface area contributed by atoms with E-state index in [1.54, 1.807) is 0 Å². The summed E-state index contributed by atoms with van der Waals surface area (Å²) in [5, 5.41) is 4.14. The summed E-state index contributed by atoms with van der Waals surface area (Å²) < 4.78 is 10.6. The van der Waals surface area contributed by atoms with Crippen molar-refractivity contribution in [1.29, 1.82) is 0 Å². The van der Waals surface area contributed by atoms with Crippen molar-refractivity contribution < 1.29 is 18.8 Å². The predicted molar refractivity (Wildman–Crippen MR) is 118 cm³/mol. The van der Waals surface area contributed by atoms with E-state index in [4.69, 9.17) is 9.26 Å². The van der Waals surface area contributed by atoms with Gasteiger partial charge in [-0.15, -0.1) is 0 Å². The Morgan fingerprint density at radius 3 is 2.44 bits per heavy atom. The number of carbonyl (C=O) groups excluding carboxylic acids is 2. The number of amides is 1. The van der Waals surface area contributed by atoms with Crippen LogP contribution in [-0.2, 0) is 20.9 Å². The first-order valence-electron chi connectivity index (χ1n) is 11.6. The van der Waals surface area contributed by atoms with E-state index in [0.29, 0.717) is 50.8 Å². The molecule has 1 aromatic carbocycles. The molecule has 2 aliphatic rings. The number of esters is 1. The Hall–Kier alpha value is -2.74. The van der Waals surface area contributed by atoms with Gasteiger partial charge in [0, 0.05) is 24.6 Å². The Morgan fingerprint density at radius 1 is 1.06 bits per heavy atom. The number of piperidine rings is 2. The number of hydrogen-bond donors (Lipinski definition) is 0. The van der Waals surface area contributed by atoms with Crippen LogP contribution in [0.1, 0.15) is 44.1 Å². The van der Waals surface area contributed by atoms with E-state index in [1.165, 1.54) is 0 Å². The van der Waals surface area contributed by atoms with Crippen molar-refractivity contribution in [2.45, 2.75) is 46.1 Å². The summed E-state index contributed by atoms with van der Waals surface area (Å²) in [7, 11) is 0. The van der Waals surface area contributed by atoms with Crippen LogP contribution in [0.5, 0.6) is 0 Å². The van der Waals surface area contributed by atoms with Crippen LogP contribution in [0.15, 0.2) is 28.8 Å². The molecule has 1 amide bonds. The second-order valence-corrected chi connectivity index (χ2v) is 8.73. The fourth-order valence-electron chi connectivity index (χ4n) is 4.64. The fraction of sp³-hybridized carbons (Fsp3) is 0.583. The van der Waals surface area contributed by atoms with Crippen molar-refractivity contribution in [1.82, 2.24) is 19.9 Å². The lowest BCUT2D eigenvalue weighted by Crippen LogP contribution is -2.46. The molecular formula is C24H32N4O4. The zero-order valence-corrected chi connectivity index (χ0v) is 19.0. The number of likely N-dealkylation sites (tertiary alicyclic amines) is 2. The number of nitrogens with zero attached hydrogens (tertiary/aromatic N) is 4. The van der Waals surface area contributed by atoms with E-state index < -0.39 is 0 Å². The summed E-state index contributed by atoms with van der Waals surface area (Å²) in [6.07, 6.45) is 3.05. The largest absolute Gasteiger partial charge is 0.466 e. The Morgan fingerprint density at radius 2 is 1.75 bits per heavy atom. The highest BCUT2D eigenvalue weighted by molar-refractivity contribution is 5.79. The van der Waals surface area contributed by atoms with Gasteiger partial charge in [-0.2, -0.15) is 4.98 Å². The van der Waals surface area contributed by atoms with Gasteiger partial charge in [0.2, 0.25) is 17.6 Å². The lowest BCUT2D eigenvalue weighted by atomic mass is 9.92. The third kappa shape index (κ3) is 5.18. The number of ether oxygens (including phenoxy) is 1. The van der Waals surface area contributed by atoms with E-state index in [0.717, 1.165) is 37.1 Å². The van der Waals surface area contributed by atoms with Gasteiger partial charge in [0.25, 0.3) is 0 Å². The zero-order chi connectivity index (χ0) is 22.5. The Balaban J connectivity index is 1.24. The van der Waals surface area contributed by atoms with E-state index in [-0.39, 0.29) is 23.7 Å². The van der Waals surface area contributed by atoms with Crippen LogP contribution in [-0.4, -0.2) is 64.6 Å². The molecule has 0 aliphatic carbocycles. The molecule has 8 heteroatoms. The van der Waals surface area contributed by atoms with Crippen LogP contribution in [0.4, 0.5) is 0 Å². The molecule has 2 aromatic rings. The lowest BCUT2D eigenvalue weighted by molar-refractivity contribution is -0.152. The zero-order valence-electron chi connectivity index (χ0n) is 19.0. The highest BCUT2D eigenvalue weighted by Crippen LogP contribution is 2.26. The summed E-state index contributed by atoms with van der Waals surface area (Å²) in [5.41, 5.74) is 2.10. The van der Waals surface area contributed by atoms with E-state index in [2.05, 4.69) is 15.0 Å². The monoisotopic (exact) mass is 440 g/mol.